The first-order chi connectivity index (χ1) is 6.58. The van der Waals surface area contributed by atoms with Crippen LogP contribution < -0.4 is 0 Å². The fourth-order valence-corrected chi connectivity index (χ4v) is 0.926. The molecule has 1 aromatic rings. The van der Waals surface area contributed by atoms with Gasteiger partial charge in [0.2, 0.25) is 0 Å². The second kappa shape index (κ2) is 4.73. The second-order valence-electron chi connectivity index (χ2n) is 3.20. The van der Waals surface area contributed by atoms with Gasteiger partial charge < -0.3 is 0 Å². The highest BCUT2D eigenvalue weighted by atomic mass is 19.1. The Hall–Kier alpha value is -1.40. The predicted octanol–water partition coefficient (Wildman–Crippen LogP) is 1.88. The van der Waals surface area contributed by atoms with Gasteiger partial charge in [0, 0.05) is 11.6 Å². The SMILES string of the molecule is CN(C)CC#Cc1cc(F)cc(F)c1. The van der Waals surface area contributed by atoms with Crippen molar-refractivity contribution in [2.24, 2.45) is 0 Å². The monoisotopic (exact) mass is 195 g/mol. The van der Waals surface area contributed by atoms with Crippen LogP contribution >= 0.6 is 0 Å². The molecule has 1 aromatic carbocycles. The molecular weight excluding hydrogens is 184 g/mol. The van der Waals surface area contributed by atoms with Crippen molar-refractivity contribution < 1.29 is 8.78 Å². The van der Waals surface area contributed by atoms with E-state index in [9.17, 15) is 8.78 Å². The van der Waals surface area contributed by atoms with Gasteiger partial charge in [0.1, 0.15) is 11.6 Å². The van der Waals surface area contributed by atoms with Crippen LogP contribution in [-0.2, 0) is 0 Å². The van der Waals surface area contributed by atoms with E-state index >= 15 is 0 Å². The molecule has 0 aromatic heterocycles. The van der Waals surface area contributed by atoms with Crippen molar-refractivity contribution in [2.45, 2.75) is 0 Å². The van der Waals surface area contributed by atoms with Crippen molar-refractivity contribution >= 4 is 0 Å². The van der Waals surface area contributed by atoms with Gasteiger partial charge in [0.25, 0.3) is 0 Å². The largest absolute Gasteiger partial charge is 0.299 e. The molecule has 0 aliphatic rings. The average molecular weight is 195 g/mol. The fourth-order valence-electron chi connectivity index (χ4n) is 0.926. The summed E-state index contributed by atoms with van der Waals surface area (Å²) in [6, 6.07) is 3.26. The van der Waals surface area contributed by atoms with Crippen molar-refractivity contribution in [3.05, 3.63) is 35.4 Å². The van der Waals surface area contributed by atoms with Gasteiger partial charge in [-0.1, -0.05) is 11.8 Å². The number of nitrogens with zero attached hydrogens (tertiary/aromatic N) is 1. The smallest absolute Gasteiger partial charge is 0.127 e. The second-order valence-corrected chi connectivity index (χ2v) is 3.20. The topological polar surface area (TPSA) is 3.24 Å². The molecule has 0 unspecified atom stereocenters. The molecule has 1 rings (SSSR count). The molecular formula is C11H11F2N. The maximum atomic E-state index is 12.7. The number of hydrogen-bond acceptors (Lipinski definition) is 1. The third-order valence-corrected chi connectivity index (χ3v) is 1.49. The lowest BCUT2D eigenvalue weighted by atomic mass is 10.2. The zero-order valence-electron chi connectivity index (χ0n) is 8.14. The van der Waals surface area contributed by atoms with Gasteiger partial charge in [-0.2, -0.15) is 0 Å². The summed E-state index contributed by atoms with van der Waals surface area (Å²) in [4.78, 5) is 1.88. The zero-order chi connectivity index (χ0) is 10.6. The highest BCUT2D eigenvalue weighted by Gasteiger charge is 1.96. The van der Waals surface area contributed by atoms with Gasteiger partial charge in [-0.3, -0.25) is 4.90 Å². The fraction of sp³-hybridized carbons (Fsp3) is 0.273. The third kappa shape index (κ3) is 3.55. The van der Waals surface area contributed by atoms with Gasteiger partial charge in [-0.05, 0) is 26.2 Å². The first-order valence-corrected chi connectivity index (χ1v) is 4.17. The molecule has 1 nitrogen and oxygen atoms in total. The number of rotatable bonds is 1. The van der Waals surface area contributed by atoms with E-state index in [-0.39, 0.29) is 0 Å². The van der Waals surface area contributed by atoms with Crippen LogP contribution in [0, 0.1) is 23.5 Å². The minimum atomic E-state index is -0.598. The van der Waals surface area contributed by atoms with Gasteiger partial charge in [0.05, 0.1) is 6.54 Å². The van der Waals surface area contributed by atoms with Crippen LogP contribution in [0.25, 0.3) is 0 Å². The molecule has 3 heteroatoms. The summed E-state index contributed by atoms with van der Waals surface area (Å²) in [5.41, 5.74) is 0.365. The van der Waals surface area contributed by atoms with E-state index in [0.717, 1.165) is 6.07 Å². The van der Waals surface area contributed by atoms with Gasteiger partial charge in [0.15, 0.2) is 0 Å². The van der Waals surface area contributed by atoms with Crippen molar-refractivity contribution in [2.75, 3.05) is 20.6 Å². The van der Waals surface area contributed by atoms with E-state index in [0.29, 0.717) is 12.1 Å². The summed E-state index contributed by atoms with van der Waals surface area (Å²) in [6.07, 6.45) is 0. The predicted molar refractivity (Wildman–Crippen MR) is 51.8 cm³/mol. The first-order valence-electron chi connectivity index (χ1n) is 4.17. The van der Waals surface area contributed by atoms with Crippen LogP contribution in [0.5, 0.6) is 0 Å². The maximum Gasteiger partial charge on any atom is 0.127 e. The summed E-state index contributed by atoms with van der Waals surface area (Å²) in [6.45, 7) is 0.568. The quantitative estimate of drug-likeness (QED) is 0.618. The summed E-state index contributed by atoms with van der Waals surface area (Å²) in [7, 11) is 3.75. The van der Waals surface area contributed by atoms with E-state index < -0.39 is 11.6 Å². The standard InChI is InChI=1S/C11H11F2N/c1-14(2)5-3-4-9-6-10(12)8-11(13)7-9/h6-8H,5H2,1-2H3. The molecule has 74 valence electrons. The van der Waals surface area contributed by atoms with Gasteiger partial charge >= 0.3 is 0 Å². The Labute approximate surface area is 82.3 Å². The lowest BCUT2D eigenvalue weighted by molar-refractivity contribution is 0.464. The molecule has 0 N–H and O–H groups in total. The molecule has 0 amide bonds. The van der Waals surface area contributed by atoms with E-state index in [1.54, 1.807) is 0 Å². The zero-order valence-corrected chi connectivity index (χ0v) is 8.14. The molecule has 0 aliphatic heterocycles. The lowest BCUT2D eigenvalue weighted by Crippen LogP contribution is -2.10. The van der Waals surface area contributed by atoms with Crippen molar-refractivity contribution in [3.63, 3.8) is 0 Å². The Bertz CT molecular complexity index is 354. The Morgan fingerprint density at radius 1 is 1.14 bits per heavy atom. The summed E-state index contributed by atoms with van der Waals surface area (Å²) in [5.74, 6) is 4.29. The number of hydrogen-bond donors (Lipinski definition) is 0. The van der Waals surface area contributed by atoms with Crippen LogP contribution in [0.4, 0.5) is 8.78 Å². The van der Waals surface area contributed by atoms with Crippen molar-refractivity contribution in [1.82, 2.24) is 4.90 Å². The number of benzene rings is 1. The average Bonchev–Trinajstić information content (AvgIpc) is 2.01. The Morgan fingerprint density at radius 3 is 2.21 bits per heavy atom. The van der Waals surface area contributed by atoms with E-state index in [2.05, 4.69) is 11.8 Å². The third-order valence-electron chi connectivity index (χ3n) is 1.49. The molecule has 0 saturated heterocycles. The van der Waals surface area contributed by atoms with Gasteiger partial charge in [-0.25, -0.2) is 8.78 Å². The van der Waals surface area contributed by atoms with E-state index in [1.807, 2.05) is 19.0 Å². The van der Waals surface area contributed by atoms with Crippen LogP contribution in [0.1, 0.15) is 5.56 Å². The van der Waals surface area contributed by atoms with Gasteiger partial charge in [-0.15, -0.1) is 0 Å². The summed E-state index contributed by atoms with van der Waals surface area (Å²) < 4.78 is 25.4. The minimum absolute atomic E-state index is 0.365. The molecule has 0 fully saturated rings. The van der Waals surface area contributed by atoms with Crippen LogP contribution in [0.15, 0.2) is 18.2 Å². The molecule has 0 bridgehead atoms. The molecule has 0 aliphatic carbocycles. The van der Waals surface area contributed by atoms with Crippen LogP contribution in [0.2, 0.25) is 0 Å². The van der Waals surface area contributed by atoms with E-state index in [1.165, 1.54) is 12.1 Å². The molecule has 0 atom stereocenters. The molecule has 0 saturated carbocycles. The molecule has 0 spiro atoms. The normalized spacial score (nSPS) is 9.79. The van der Waals surface area contributed by atoms with Crippen LogP contribution in [-0.4, -0.2) is 25.5 Å². The maximum absolute atomic E-state index is 12.7. The van der Waals surface area contributed by atoms with Crippen molar-refractivity contribution in [3.8, 4) is 11.8 Å². The minimum Gasteiger partial charge on any atom is -0.299 e. The van der Waals surface area contributed by atoms with E-state index in [4.69, 9.17) is 0 Å². The Balaban J connectivity index is 2.79. The highest BCUT2D eigenvalue weighted by molar-refractivity contribution is 5.35. The summed E-state index contributed by atoms with van der Waals surface area (Å²) in [5, 5.41) is 0. The molecule has 0 heterocycles. The number of halogens is 2. The first kappa shape index (κ1) is 10.7. The molecule has 0 radical (unpaired) electrons. The molecule has 14 heavy (non-hydrogen) atoms. The Morgan fingerprint density at radius 2 is 1.71 bits per heavy atom. The van der Waals surface area contributed by atoms with Crippen molar-refractivity contribution in [1.29, 1.82) is 0 Å². The highest BCUT2D eigenvalue weighted by Crippen LogP contribution is 2.06. The lowest BCUT2D eigenvalue weighted by Gasteiger charge is -2.00. The summed E-state index contributed by atoms with van der Waals surface area (Å²) >= 11 is 0. The Kier molecular flexibility index (Phi) is 3.61. The van der Waals surface area contributed by atoms with Crippen LogP contribution in [0.3, 0.4) is 0 Å².